The van der Waals surface area contributed by atoms with E-state index in [2.05, 4.69) is 15.6 Å². The number of nitrogens with one attached hydrogen (secondary N) is 2. The van der Waals surface area contributed by atoms with Gasteiger partial charge in [-0.25, -0.2) is 9.37 Å². The van der Waals surface area contributed by atoms with Gasteiger partial charge in [-0.2, -0.15) is 0 Å². The first-order valence-electron chi connectivity index (χ1n) is 7.99. The van der Waals surface area contributed by atoms with Crippen molar-refractivity contribution in [3.05, 3.63) is 82.3 Å². The van der Waals surface area contributed by atoms with Gasteiger partial charge in [-0.05, 0) is 67.4 Å². The summed E-state index contributed by atoms with van der Waals surface area (Å²) in [5.41, 5.74) is 4.00. The Kier molecular flexibility index (Phi) is 5.19. The highest BCUT2D eigenvalue weighted by atomic mass is 35.5. The molecule has 0 aliphatic heterocycles. The predicted octanol–water partition coefficient (Wildman–Crippen LogP) is 5.49. The molecule has 0 fully saturated rings. The second-order valence-corrected chi connectivity index (χ2v) is 6.35. The summed E-state index contributed by atoms with van der Waals surface area (Å²) in [4.78, 5) is 16.6. The first kappa shape index (κ1) is 17.9. The lowest BCUT2D eigenvalue weighted by Gasteiger charge is -2.09. The molecule has 0 atom stereocenters. The monoisotopic (exact) mass is 369 g/mol. The largest absolute Gasteiger partial charge is 0.340 e. The molecule has 0 spiro atoms. The van der Waals surface area contributed by atoms with Crippen LogP contribution in [0.2, 0.25) is 5.02 Å². The Morgan fingerprint density at radius 1 is 1.00 bits per heavy atom. The molecular formula is C20H17ClFN3O. The number of carbonyl (C=O) groups excluding carboxylic acids is 1. The molecule has 0 radical (unpaired) electrons. The highest BCUT2D eigenvalue weighted by molar-refractivity contribution is 6.31. The van der Waals surface area contributed by atoms with Crippen LogP contribution in [0.1, 0.15) is 21.5 Å². The Balaban J connectivity index is 1.68. The van der Waals surface area contributed by atoms with Crippen molar-refractivity contribution in [1.82, 2.24) is 4.98 Å². The molecule has 3 aromatic rings. The van der Waals surface area contributed by atoms with Crippen LogP contribution in [0.5, 0.6) is 0 Å². The Hall–Kier alpha value is -2.92. The first-order chi connectivity index (χ1) is 12.4. The summed E-state index contributed by atoms with van der Waals surface area (Å²) in [6, 6.07) is 13.3. The fraction of sp³-hybridized carbons (Fsp3) is 0.100. The normalized spacial score (nSPS) is 10.5. The fourth-order valence-corrected chi connectivity index (χ4v) is 2.53. The summed E-state index contributed by atoms with van der Waals surface area (Å²) < 4.78 is 13.2. The van der Waals surface area contributed by atoms with Crippen LogP contribution in [-0.4, -0.2) is 10.9 Å². The smallest absolute Gasteiger partial charge is 0.255 e. The highest BCUT2D eigenvalue weighted by Crippen LogP contribution is 2.22. The molecule has 1 heterocycles. The van der Waals surface area contributed by atoms with Crippen LogP contribution < -0.4 is 10.6 Å². The van der Waals surface area contributed by atoms with Gasteiger partial charge in [0, 0.05) is 11.3 Å². The van der Waals surface area contributed by atoms with Gasteiger partial charge < -0.3 is 10.6 Å². The average Bonchev–Trinajstić information content (AvgIpc) is 2.62. The molecule has 0 bridgehead atoms. The minimum atomic E-state index is -0.477. The van der Waals surface area contributed by atoms with Crippen LogP contribution in [0, 0.1) is 19.7 Å². The maximum absolute atomic E-state index is 13.2. The van der Waals surface area contributed by atoms with E-state index in [1.54, 1.807) is 30.5 Å². The zero-order valence-corrected chi connectivity index (χ0v) is 15.1. The summed E-state index contributed by atoms with van der Waals surface area (Å²) in [6.45, 7) is 3.97. The zero-order valence-electron chi connectivity index (χ0n) is 14.3. The molecule has 1 amide bonds. The van der Waals surface area contributed by atoms with Crippen molar-refractivity contribution in [2.75, 3.05) is 10.6 Å². The molecule has 3 rings (SSSR count). The Morgan fingerprint density at radius 2 is 1.77 bits per heavy atom. The number of carbonyl (C=O) groups is 1. The van der Waals surface area contributed by atoms with Crippen LogP contribution in [0.25, 0.3) is 0 Å². The van der Waals surface area contributed by atoms with Gasteiger partial charge in [0.2, 0.25) is 0 Å². The number of anilines is 3. The van der Waals surface area contributed by atoms with Crippen molar-refractivity contribution in [3.8, 4) is 0 Å². The quantitative estimate of drug-likeness (QED) is 0.639. The number of benzene rings is 2. The molecule has 0 aliphatic carbocycles. The van der Waals surface area contributed by atoms with Crippen LogP contribution in [0.4, 0.5) is 21.6 Å². The number of aryl methyl sites for hydroxylation is 2. The van der Waals surface area contributed by atoms with Gasteiger partial charge in [0.25, 0.3) is 5.91 Å². The average molecular weight is 370 g/mol. The molecular weight excluding hydrogens is 353 g/mol. The molecule has 26 heavy (non-hydrogen) atoms. The lowest BCUT2D eigenvalue weighted by Crippen LogP contribution is -2.12. The van der Waals surface area contributed by atoms with E-state index in [0.29, 0.717) is 22.8 Å². The topological polar surface area (TPSA) is 54.0 Å². The van der Waals surface area contributed by atoms with E-state index in [4.69, 9.17) is 11.6 Å². The van der Waals surface area contributed by atoms with Crippen molar-refractivity contribution >= 4 is 34.7 Å². The predicted molar refractivity (Wildman–Crippen MR) is 103 cm³/mol. The number of rotatable bonds is 4. The number of halogens is 2. The van der Waals surface area contributed by atoms with E-state index in [-0.39, 0.29) is 10.9 Å². The Morgan fingerprint density at radius 3 is 2.42 bits per heavy atom. The van der Waals surface area contributed by atoms with Crippen molar-refractivity contribution in [1.29, 1.82) is 0 Å². The molecule has 2 N–H and O–H groups in total. The summed E-state index contributed by atoms with van der Waals surface area (Å²) >= 11 is 5.76. The maximum Gasteiger partial charge on any atom is 0.255 e. The maximum atomic E-state index is 13.2. The van der Waals surface area contributed by atoms with E-state index >= 15 is 0 Å². The van der Waals surface area contributed by atoms with Gasteiger partial charge in [0.1, 0.15) is 11.6 Å². The van der Waals surface area contributed by atoms with Gasteiger partial charge in [-0.3, -0.25) is 4.79 Å². The molecule has 4 nitrogen and oxygen atoms in total. The molecule has 132 valence electrons. The number of nitrogens with zero attached hydrogens (tertiary/aromatic N) is 1. The van der Waals surface area contributed by atoms with E-state index in [1.165, 1.54) is 12.1 Å². The highest BCUT2D eigenvalue weighted by Gasteiger charge is 2.08. The number of amides is 1. The van der Waals surface area contributed by atoms with E-state index in [1.807, 2.05) is 26.0 Å². The van der Waals surface area contributed by atoms with E-state index in [0.717, 1.165) is 11.1 Å². The summed E-state index contributed by atoms with van der Waals surface area (Å²) in [6.07, 6.45) is 1.55. The standard InChI is InChI=1S/C20H17ClFN3O/c1-12-3-4-14(9-13(12)2)20(26)25-16-6-8-19(23-11-16)24-15-5-7-18(22)17(21)10-15/h3-11H,1-2H3,(H,23,24)(H,25,26). The van der Waals surface area contributed by atoms with Gasteiger partial charge in [-0.1, -0.05) is 17.7 Å². The minimum absolute atomic E-state index is 0.0345. The molecule has 1 aromatic heterocycles. The summed E-state index contributed by atoms with van der Waals surface area (Å²) in [5.74, 6) is -0.118. The third kappa shape index (κ3) is 4.18. The van der Waals surface area contributed by atoms with E-state index < -0.39 is 5.82 Å². The summed E-state index contributed by atoms with van der Waals surface area (Å²) in [7, 11) is 0. The van der Waals surface area contributed by atoms with Crippen molar-refractivity contribution in [2.45, 2.75) is 13.8 Å². The number of aromatic nitrogens is 1. The lowest BCUT2D eigenvalue weighted by atomic mass is 10.1. The third-order valence-corrected chi connectivity index (χ3v) is 4.27. The molecule has 0 aliphatic rings. The molecule has 0 saturated heterocycles. The van der Waals surface area contributed by atoms with Gasteiger partial charge in [0.15, 0.2) is 0 Å². The summed E-state index contributed by atoms with van der Waals surface area (Å²) in [5, 5.41) is 5.87. The number of pyridine rings is 1. The van der Waals surface area contributed by atoms with Crippen molar-refractivity contribution in [3.63, 3.8) is 0 Å². The zero-order chi connectivity index (χ0) is 18.7. The Labute approximate surface area is 156 Å². The van der Waals surface area contributed by atoms with E-state index in [9.17, 15) is 9.18 Å². The van der Waals surface area contributed by atoms with Gasteiger partial charge >= 0.3 is 0 Å². The second kappa shape index (κ2) is 7.54. The molecule has 0 saturated carbocycles. The Bertz CT molecular complexity index is 958. The fourth-order valence-electron chi connectivity index (χ4n) is 2.35. The SMILES string of the molecule is Cc1ccc(C(=O)Nc2ccc(Nc3ccc(F)c(Cl)c3)nc2)cc1C. The lowest BCUT2D eigenvalue weighted by molar-refractivity contribution is 0.102. The van der Waals surface area contributed by atoms with Crippen molar-refractivity contribution < 1.29 is 9.18 Å². The molecule has 2 aromatic carbocycles. The second-order valence-electron chi connectivity index (χ2n) is 5.94. The van der Waals surface area contributed by atoms with Crippen LogP contribution in [0.3, 0.4) is 0 Å². The van der Waals surface area contributed by atoms with Gasteiger partial charge in [0.05, 0.1) is 16.9 Å². The minimum Gasteiger partial charge on any atom is -0.340 e. The third-order valence-electron chi connectivity index (χ3n) is 3.98. The van der Waals surface area contributed by atoms with Crippen LogP contribution in [0.15, 0.2) is 54.7 Å². The van der Waals surface area contributed by atoms with Crippen LogP contribution >= 0.6 is 11.6 Å². The van der Waals surface area contributed by atoms with Crippen molar-refractivity contribution in [2.24, 2.45) is 0 Å². The number of hydrogen-bond acceptors (Lipinski definition) is 3. The first-order valence-corrected chi connectivity index (χ1v) is 8.37. The molecule has 6 heteroatoms. The molecule has 0 unspecified atom stereocenters. The van der Waals surface area contributed by atoms with Gasteiger partial charge in [-0.15, -0.1) is 0 Å². The van der Waals surface area contributed by atoms with Crippen LogP contribution in [-0.2, 0) is 0 Å². The number of hydrogen-bond donors (Lipinski definition) is 2.